The highest BCUT2D eigenvalue weighted by Gasteiger charge is 2.66. The number of carbonyl (C=O) groups excluding carboxylic acids is 1. The fourth-order valence-electron chi connectivity index (χ4n) is 3.00. The van der Waals surface area contributed by atoms with E-state index in [0.717, 1.165) is 6.42 Å². The zero-order valence-electron chi connectivity index (χ0n) is 9.74. The number of hydrogen-bond donors (Lipinski definition) is 0. The fourth-order valence-corrected chi connectivity index (χ4v) is 5.80. The van der Waals surface area contributed by atoms with E-state index in [1.807, 2.05) is 4.31 Å². The van der Waals surface area contributed by atoms with Crippen molar-refractivity contribution in [1.29, 1.82) is 0 Å². The number of halogens is 1. The molecule has 4 atom stereocenters. The van der Waals surface area contributed by atoms with Gasteiger partial charge in [-0.1, -0.05) is 28.1 Å². The van der Waals surface area contributed by atoms with Crippen LogP contribution in [0.25, 0.3) is 0 Å². The standard InChI is InChI=1S/C12H16BrNOS/c1-11(2,3)14-10(15)12(13)8-5-4-7(6-8)9(12)16-14/h4-5,7-9H,6H2,1-3H3. The van der Waals surface area contributed by atoms with E-state index in [4.69, 9.17) is 0 Å². The molecule has 0 radical (unpaired) electrons. The van der Waals surface area contributed by atoms with Crippen LogP contribution in [0, 0.1) is 11.8 Å². The van der Waals surface area contributed by atoms with E-state index in [0.29, 0.717) is 17.1 Å². The molecule has 16 heavy (non-hydrogen) atoms. The summed E-state index contributed by atoms with van der Waals surface area (Å²) in [5, 5.41) is 0.397. The number of carbonyl (C=O) groups is 1. The van der Waals surface area contributed by atoms with E-state index in [-0.39, 0.29) is 15.8 Å². The Bertz CT molecular complexity index is 389. The van der Waals surface area contributed by atoms with Crippen LogP contribution in [-0.2, 0) is 4.79 Å². The summed E-state index contributed by atoms with van der Waals surface area (Å²) in [4.78, 5) is 12.6. The predicted octanol–water partition coefficient (Wildman–Crippen LogP) is 2.98. The predicted molar refractivity (Wildman–Crippen MR) is 70.4 cm³/mol. The van der Waals surface area contributed by atoms with Gasteiger partial charge in [0.15, 0.2) is 0 Å². The molecule has 4 heteroatoms. The number of alkyl halides is 1. The molecule has 2 bridgehead atoms. The monoisotopic (exact) mass is 301 g/mol. The molecular formula is C12H16BrNOS. The Morgan fingerprint density at radius 3 is 2.75 bits per heavy atom. The van der Waals surface area contributed by atoms with Gasteiger partial charge in [0.25, 0.3) is 5.91 Å². The third-order valence-corrected chi connectivity index (χ3v) is 7.40. The molecule has 1 heterocycles. The van der Waals surface area contributed by atoms with Crippen molar-refractivity contribution in [3.63, 3.8) is 0 Å². The molecule has 0 N–H and O–H groups in total. The third-order valence-electron chi connectivity index (χ3n) is 3.80. The van der Waals surface area contributed by atoms with Crippen LogP contribution in [0.3, 0.4) is 0 Å². The Labute approximate surface area is 109 Å². The van der Waals surface area contributed by atoms with Gasteiger partial charge >= 0.3 is 0 Å². The number of fused-ring (bicyclic) bond motifs is 5. The largest absolute Gasteiger partial charge is 0.279 e. The van der Waals surface area contributed by atoms with Crippen LogP contribution in [-0.4, -0.2) is 25.3 Å². The Morgan fingerprint density at radius 2 is 2.19 bits per heavy atom. The molecule has 3 rings (SSSR count). The van der Waals surface area contributed by atoms with E-state index in [1.165, 1.54) is 0 Å². The average molecular weight is 302 g/mol. The summed E-state index contributed by atoms with van der Waals surface area (Å²) in [5.41, 5.74) is -0.0910. The van der Waals surface area contributed by atoms with Crippen molar-refractivity contribution in [2.45, 2.75) is 42.3 Å². The minimum atomic E-state index is -0.315. The maximum absolute atomic E-state index is 12.6. The second-order valence-corrected chi connectivity index (χ2v) is 8.35. The van der Waals surface area contributed by atoms with E-state index >= 15 is 0 Å². The lowest BCUT2D eigenvalue weighted by Gasteiger charge is -2.32. The van der Waals surface area contributed by atoms with Gasteiger partial charge in [-0.3, -0.25) is 9.10 Å². The van der Waals surface area contributed by atoms with Crippen LogP contribution >= 0.6 is 27.9 Å². The zero-order valence-corrected chi connectivity index (χ0v) is 12.1. The SMILES string of the molecule is CC(C)(C)N1SC2C3C=CC(C3)C2(Br)C1=O. The second kappa shape index (κ2) is 3.08. The molecule has 88 valence electrons. The molecule has 0 spiro atoms. The van der Waals surface area contributed by atoms with Crippen LogP contribution in [0.15, 0.2) is 12.2 Å². The summed E-state index contributed by atoms with van der Waals surface area (Å²) in [7, 11) is 0. The highest BCUT2D eigenvalue weighted by atomic mass is 79.9. The number of amides is 1. The Kier molecular flexibility index (Phi) is 2.14. The van der Waals surface area contributed by atoms with Gasteiger partial charge in [0, 0.05) is 11.5 Å². The van der Waals surface area contributed by atoms with E-state index < -0.39 is 0 Å². The fraction of sp³-hybridized carbons (Fsp3) is 0.750. The van der Waals surface area contributed by atoms with E-state index in [1.54, 1.807) is 11.9 Å². The van der Waals surface area contributed by atoms with Gasteiger partial charge in [-0.15, -0.1) is 0 Å². The molecule has 1 aliphatic heterocycles. The lowest BCUT2D eigenvalue weighted by molar-refractivity contribution is -0.130. The zero-order chi connectivity index (χ0) is 11.7. The van der Waals surface area contributed by atoms with Crippen LogP contribution < -0.4 is 0 Å². The summed E-state index contributed by atoms with van der Waals surface area (Å²) in [6.07, 6.45) is 5.66. The van der Waals surface area contributed by atoms with Crippen molar-refractivity contribution >= 4 is 33.8 Å². The highest BCUT2D eigenvalue weighted by Crippen LogP contribution is 2.62. The first-order valence-electron chi connectivity index (χ1n) is 5.74. The van der Waals surface area contributed by atoms with E-state index in [9.17, 15) is 4.79 Å². The summed E-state index contributed by atoms with van der Waals surface area (Å²) in [6, 6.07) is 0. The van der Waals surface area contributed by atoms with E-state index in [2.05, 4.69) is 48.9 Å². The maximum atomic E-state index is 12.6. The molecule has 2 fully saturated rings. The normalized spacial score (nSPS) is 45.6. The summed E-state index contributed by atoms with van der Waals surface area (Å²) < 4.78 is 1.66. The molecule has 1 saturated heterocycles. The molecular weight excluding hydrogens is 286 g/mol. The number of rotatable bonds is 0. The first kappa shape index (κ1) is 11.1. The van der Waals surface area contributed by atoms with Crippen LogP contribution in [0.2, 0.25) is 0 Å². The van der Waals surface area contributed by atoms with Gasteiger partial charge in [-0.05, 0) is 45.1 Å². The Hall–Kier alpha value is 0.0400. The van der Waals surface area contributed by atoms with Crippen molar-refractivity contribution < 1.29 is 4.79 Å². The molecule has 3 aliphatic rings. The topological polar surface area (TPSA) is 20.3 Å². The minimum absolute atomic E-state index is 0.0910. The molecule has 1 amide bonds. The number of nitrogens with zero attached hydrogens (tertiary/aromatic N) is 1. The van der Waals surface area contributed by atoms with Crippen molar-refractivity contribution in [3.8, 4) is 0 Å². The second-order valence-electron chi connectivity index (χ2n) is 5.96. The summed E-state index contributed by atoms with van der Waals surface area (Å²) in [5.74, 6) is 1.24. The molecule has 2 aliphatic carbocycles. The summed E-state index contributed by atoms with van der Waals surface area (Å²) >= 11 is 5.51. The van der Waals surface area contributed by atoms with Gasteiger partial charge in [0.05, 0.1) is 5.25 Å². The minimum Gasteiger partial charge on any atom is -0.279 e. The van der Waals surface area contributed by atoms with Gasteiger partial charge in [-0.25, -0.2) is 0 Å². The first-order valence-corrected chi connectivity index (χ1v) is 7.37. The first-order chi connectivity index (χ1) is 7.35. The van der Waals surface area contributed by atoms with Crippen LogP contribution in [0.5, 0.6) is 0 Å². The Morgan fingerprint density at radius 1 is 1.50 bits per heavy atom. The Balaban J connectivity index is 1.99. The van der Waals surface area contributed by atoms with Gasteiger partial charge < -0.3 is 0 Å². The number of hydrogen-bond acceptors (Lipinski definition) is 2. The van der Waals surface area contributed by atoms with Crippen LogP contribution in [0.1, 0.15) is 27.2 Å². The van der Waals surface area contributed by atoms with Crippen molar-refractivity contribution in [2.24, 2.45) is 11.8 Å². The molecule has 4 unspecified atom stereocenters. The lowest BCUT2D eigenvalue weighted by atomic mass is 9.91. The third kappa shape index (κ3) is 1.18. The highest BCUT2D eigenvalue weighted by molar-refractivity contribution is 9.10. The molecule has 0 aromatic rings. The van der Waals surface area contributed by atoms with Crippen LogP contribution in [0.4, 0.5) is 0 Å². The molecule has 2 nitrogen and oxygen atoms in total. The number of allylic oxidation sites excluding steroid dienone is 2. The van der Waals surface area contributed by atoms with Gasteiger partial charge in [0.1, 0.15) is 4.32 Å². The molecule has 1 saturated carbocycles. The summed E-state index contributed by atoms with van der Waals surface area (Å²) in [6.45, 7) is 6.31. The smallest absolute Gasteiger partial charge is 0.251 e. The molecule has 0 aromatic carbocycles. The quantitative estimate of drug-likeness (QED) is 0.389. The average Bonchev–Trinajstić information content (AvgIpc) is 2.77. The maximum Gasteiger partial charge on any atom is 0.251 e. The van der Waals surface area contributed by atoms with Crippen molar-refractivity contribution in [2.75, 3.05) is 0 Å². The lowest BCUT2D eigenvalue weighted by Crippen LogP contribution is -2.47. The van der Waals surface area contributed by atoms with Gasteiger partial charge in [0.2, 0.25) is 0 Å². The van der Waals surface area contributed by atoms with Gasteiger partial charge in [-0.2, -0.15) is 0 Å². The van der Waals surface area contributed by atoms with Crippen molar-refractivity contribution in [1.82, 2.24) is 4.31 Å². The molecule has 0 aromatic heterocycles. The van der Waals surface area contributed by atoms with Crippen molar-refractivity contribution in [3.05, 3.63) is 12.2 Å².